The van der Waals surface area contributed by atoms with Gasteiger partial charge in [-0.3, -0.25) is 9.78 Å². The molecule has 1 aromatic heterocycles. The average molecular weight is 345 g/mol. The average Bonchev–Trinajstić information content (AvgIpc) is 2.60. The Morgan fingerprint density at radius 2 is 2.25 bits per heavy atom. The molecular weight excluding hydrogens is 328 g/mol. The van der Waals surface area contributed by atoms with Crippen LogP contribution in [0.2, 0.25) is 5.02 Å². The first-order valence-corrected chi connectivity index (χ1v) is 7.85. The topological polar surface area (TPSA) is 81.3 Å². The van der Waals surface area contributed by atoms with E-state index in [2.05, 4.69) is 16.5 Å². The second kappa shape index (κ2) is 6.98. The molecule has 1 aromatic carbocycles. The Hall–Kier alpha value is -2.44. The van der Waals surface area contributed by atoms with E-state index in [4.69, 9.17) is 22.1 Å². The number of morpholine rings is 1. The van der Waals surface area contributed by atoms with Crippen LogP contribution >= 0.6 is 11.6 Å². The predicted molar refractivity (Wildman–Crippen MR) is 92.4 cm³/mol. The van der Waals surface area contributed by atoms with E-state index in [-0.39, 0.29) is 11.9 Å². The molecule has 3 rings (SSSR count). The SMILES string of the molecule is C=CC(=O)N1CCOC[C@H]1c1cc(Cl)cc(-c2cncc(N)n2)c1. The molecule has 1 aliphatic rings. The van der Waals surface area contributed by atoms with Gasteiger partial charge in [0.1, 0.15) is 5.82 Å². The minimum atomic E-state index is -0.226. The van der Waals surface area contributed by atoms with Crippen LogP contribution in [0.3, 0.4) is 0 Å². The third-order valence-corrected chi connectivity index (χ3v) is 4.06. The van der Waals surface area contributed by atoms with Crippen molar-refractivity contribution in [3.05, 3.63) is 53.8 Å². The number of nitrogen functional groups attached to an aromatic ring is 1. The van der Waals surface area contributed by atoms with E-state index in [0.29, 0.717) is 36.3 Å². The van der Waals surface area contributed by atoms with E-state index < -0.39 is 0 Å². The fourth-order valence-corrected chi connectivity index (χ4v) is 2.98. The zero-order valence-corrected chi connectivity index (χ0v) is 13.7. The molecule has 24 heavy (non-hydrogen) atoms. The first-order chi connectivity index (χ1) is 11.6. The van der Waals surface area contributed by atoms with Crippen LogP contribution in [0.15, 0.2) is 43.2 Å². The Labute approximate surface area is 144 Å². The van der Waals surface area contributed by atoms with E-state index in [1.54, 1.807) is 17.2 Å². The van der Waals surface area contributed by atoms with Gasteiger partial charge in [-0.25, -0.2) is 4.98 Å². The van der Waals surface area contributed by atoms with Crippen LogP contribution in [0.5, 0.6) is 0 Å². The maximum atomic E-state index is 12.1. The number of halogens is 1. The van der Waals surface area contributed by atoms with Crippen molar-refractivity contribution in [2.45, 2.75) is 6.04 Å². The summed E-state index contributed by atoms with van der Waals surface area (Å²) in [6.45, 7) is 4.98. The number of hydrogen-bond acceptors (Lipinski definition) is 5. The van der Waals surface area contributed by atoms with Crippen LogP contribution in [0, 0.1) is 0 Å². The number of amides is 1. The van der Waals surface area contributed by atoms with Gasteiger partial charge in [-0.15, -0.1) is 0 Å². The van der Waals surface area contributed by atoms with Crippen molar-refractivity contribution in [2.75, 3.05) is 25.5 Å². The van der Waals surface area contributed by atoms with Crippen molar-refractivity contribution in [1.29, 1.82) is 0 Å². The maximum Gasteiger partial charge on any atom is 0.246 e. The molecule has 0 spiro atoms. The molecular formula is C17H17ClN4O2. The number of nitrogens with zero attached hydrogens (tertiary/aromatic N) is 3. The van der Waals surface area contributed by atoms with E-state index in [0.717, 1.165) is 11.1 Å². The highest BCUT2D eigenvalue weighted by Gasteiger charge is 2.27. The standard InChI is InChI=1S/C17H17ClN4O2/c1-2-17(23)22-3-4-24-10-15(22)12-5-11(6-13(18)7-12)14-8-20-9-16(19)21-14/h2,5-9,15H,1,3-4,10H2,(H2,19,21)/t15-/m0/s1. The van der Waals surface area contributed by atoms with Gasteiger partial charge in [-0.1, -0.05) is 18.2 Å². The van der Waals surface area contributed by atoms with Crippen molar-refractivity contribution in [3.63, 3.8) is 0 Å². The molecule has 2 aromatic rings. The summed E-state index contributed by atoms with van der Waals surface area (Å²) in [7, 11) is 0. The normalized spacial score (nSPS) is 17.5. The minimum Gasteiger partial charge on any atom is -0.382 e. The molecule has 0 saturated carbocycles. The van der Waals surface area contributed by atoms with Gasteiger partial charge in [0.15, 0.2) is 0 Å². The van der Waals surface area contributed by atoms with E-state index in [1.807, 2.05) is 12.1 Å². The fourth-order valence-electron chi connectivity index (χ4n) is 2.73. The number of benzene rings is 1. The van der Waals surface area contributed by atoms with E-state index in [9.17, 15) is 4.79 Å². The highest BCUT2D eigenvalue weighted by molar-refractivity contribution is 6.31. The Balaban J connectivity index is 2.01. The summed E-state index contributed by atoms with van der Waals surface area (Å²) in [5, 5.41) is 0.545. The number of rotatable bonds is 3. The van der Waals surface area contributed by atoms with Crippen molar-refractivity contribution in [1.82, 2.24) is 14.9 Å². The summed E-state index contributed by atoms with van der Waals surface area (Å²) >= 11 is 6.28. The molecule has 0 unspecified atom stereocenters. The molecule has 1 aliphatic heterocycles. The summed E-state index contributed by atoms with van der Waals surface area (Å²) in [4.78, 5) is 22.2. The molecule has 0 radical (unpaired) electrons. The van der Waals surface area contributed by atoms with Gasteiger partial charge in [-0.05, 0) is 29.8 Å². The lowest BCUT2D eigenvalue weighted by Gasteiger charge is -2.35. The van der Waals surface area contributed by atoms with E-state index >= 15 is 0 Å². The first-order valence-electron chi connectivity index (χ1n) is 7.47. The van der Waals surface area contributed by atoms with Gasteiger partial charge in [0.05, 0.1) is 37.3 Å². The lowest BCUT2D eigenvalue weighted by Crippen LogP contribution is -2.42. The number of hydrogen-bond donors (Lipinski definition) is 1. The third-order valence-electron chi connectivity index (χ3n) is 3.84. The van der Waals surface area contributed by atoms with Gasteiger partial charge >= 0.3 is 0 Å². The van der Waals surface area contributed by atoms with Crippen LogP contribution < -0.4 is 5.73 Å². The maximum absolute atomic E-state index is 12.1. The highest BCUT2D eigenvalue weighted by atomic mass is 35.5. The smallest absolute Gasteiger partial charge is 0.246 e. The fraction of sp³-hybridized carbons (Fsp3) is 0.235. The number of nitrogens with two attached hydrogens (primary N) is 1. The summed E-state index contributed by atoms with van der Waals surface area (Å²) in [6, 6.07) is 5.32. The molecule has 2 heterocycles. The minimum absolute atomic E-state index is 0.131. The first kappa shape index (κ1) is 16.4. The van der Waals surface area contributed by atoms with Crippen LogP contribution in [0.4, 0.5) is 5.82 Å². The molecule has 124 valence electrons. The molecule has 1 amide bonds. The number of ether oxygens (including phenoxy) is 1. The summed E-state index contributed by atoms with van der Waals surface area (Å²) in [5.74, 6) is 0.201. The van der Waals surface area contributed by atoms with Crippen LogP contribution in [0.1, 0.15) is 11.6 Å². The lowest BCUT2D eigenvalue weighted by molar-refractivity contribution is -0.134. The second-order valence-electron chi connectivity index (χ2n) is 5.43. The predicted octanol–water partition coefficient (Wildman–Crippen LogP) is 2.47. The zero-order chi connectivity index (χ0) is 17.1. The Morgan fingerprint density at radius 3 is 3.00 bits per heavy atom. The van der Waals surface area contributed by atoms with Crippen molar-refractivity contribution < 1.29 is 9.53 Å². The van der Waals surface area contributed by atoms with Gasteiger partial charge in [-0.2, -0.15) is 0 Å². The zero-order valence-electron chi connectivity index (χ0n) is 13.0. The molecule has 1 saturated heterocycles. The van der Waals surface area contributed by atoms with Crippen molar-refractivity contribution in [2.24, 2.45) is 0 Å². The molecule has 0 bridgehead atoms. The largest absolute Gasteiger partial charge is 0.382 e. The third kappa shape index (κ3) is 3.39. The number of aromatic nitrogens is 2. The summed E-state index contributed by atoms with van der Waals surface area (Å²) < 4.78 is 5.55. The van der Waals surface area contributed by atoms with Gasteiger partial charge < -0.3 is 15.4 Å². The molecule has 6 nitrogen and oxygen atoms in total. The van der Waals surface area contributed by atoms with Gasteiger partial charge in [0.2, 0.25) is 5.91 Å². The number of carbonyl (C=O) groups is 1. The monoisotopic (exact) mass is 344 g/mol. The van der Waals surface area contributed by atoms with Crippen LogP contribution in [-0.4, -0.2) is 40.5 Å². The van der Waals surface area contributed by atoms with Gasteiger partial charge in [0, 0.05) is 17.1 Å². The molecule has 1 fully saturated rings. The van der Waals surface area contributed by atoms with Crippen LogP contribution in [-0.2, 0) is 9.53 Å². The Bertz CT molecular complexity index is 781. The molecule has 7 heteroatoms. The number of anilines is 1. The Morgan fingerprint density at radius 1 is 1.42 bits per heavy atom. The molecule has 0 aliphatic carbocycles. The van der Waals surface area contributed by atoms with Gasteiger partial charge in [0.25, 0.3) is 0 Å². The van der Waals surface area contributed by atoms with E-state index in [1.165, 1.54) is 12.3 Å². The molecule has 2 N–H and O–H groups in total. The lowest BCUT2D eigenvalue weighted by atomic mass is 10.0. The second-order valence-corrected chi connectivity index (χ2v) is 5.87. The van der Waals surface area contributed by atoms with Crippen molar-refractivity contribution >= 4 is 23.3 Å². The van der Waals surface area contributed by atoms with Crippen molar-refractivity contribution in [3.8, 4) is 11.3 Å². The summed E-state index contributed by atoms with van der Waals surface area (Å²) in [5.41, 5.74) is 7.98. The quantitative estimate of drug-likeness (QED) is 0.865. The highest BCUT2D eigenvalue weighted by Crippen LogP contribution is 2.31. The summed E-state index contributed by atoms with van der Waals surface area (Å²) in [6.07, 6.45) is 4.41. The Kier molecular flexibility index (Phi) is 4.78. The molecule has 1 atom stereocenters. The number of carbonyl (C=O) groups excluding carboxylic acids is 1. The van der Waals surface area contributed by atoms with Crippen LogP contribution in [0.25, 0.3) is 11.3 Å².